The lowest BCUT2D eigenvalue weighted by molar-refractivity contribution is -0.122. The van der Waals surface area contributed by atoms with E-state index in [1.54, 1.807) is 24.8 Å². The Morgan fingerprint density at radius 1 is 1.42 bits per heavy atom. The molecule has 0 atom stereocenters. The molecule has 0 aliphatic heterocycles. The molecule has 0 spiro atoms. The van der Waals surface area contributed by atoms with Crippen LogP contribution in [0.4, 0.5) is 0 Å². The highest BCUT2D eigenvalue weighted by molar-refractivity contribution is 5.94. The van der Waals surface area contributed by atoms with Crippen molar-refractivity contribution >= 4 is 11.8 Å². The summed E-state index contributed by atoms with van der Waals surface area (Å²) in [5.41, 5.74) is 0.949. The van der Waals surface area contributed by atoms with E-state index in [1.807, 2.05) is 27.7 Å². The zero-order valence-corrected chi connectivity index (χ0v) is 12.4. The van der Waals surface area contributed by atoms with Crippen molar-refractivity contribution < 1.29 is 9.59 Å². The van der Waals surface area contributed by atoms with Gasteiger partial charge in [0.15, 0.2) is 5.69 Å². The summed E-state index contributed by atoms with van der Waals surface area (Å²) in [6, 6.07) is 1.71. The molecule has 1 rings (SSSR count). The van der Waals surface area contributed by atoms with Crippen molar-refractivity contribution in [2.75, 3.05) is 13.6 Å². The molecule has 0 saturated carbocycles. The van der Waals surface area contributed by atoms with E-state index in [4.69, 9.17) is 0 Å². The minimum absolute atomic E-state index is 0.0196. The summed E-state index contributed by atoms with van der Waals surface area (Å²) in [7, 11) is 3.37. The van der Waals surface area contributed by atoms with Gasteiger partial charge in [0.1, 0.15) is 0 Å². The summed E-state index contributed by atoms with van der Waals surface area (Å²) < 4.78 is 1.64. The van der Waals surface area contributed by atoms with Crippen molar-refractivity contribution in [3.63, 3.8) is 0 Å². The van der Waals surface area contributed by atoms with Gasteiger partial charge < -0.3 is 10.2 Å². The highest BCUT2D eigenvalue weighted by Crippen LogP contribution is 2.05. The molecule has 0 aromatic carbocycles. The van der Waals surface area contributed by atoms with Gasteiger partial charge in [-0.2, -0.15) is 5.10 Å². The van der Waals surface area contributed by atoms with Gasteiger partial charge in [0.25, 0.3) is 5.91 Å². The largest absolute Gasteiger partial charge is 0.350 e. The second kappa shape index (κ2) is 5.42. The minimum Gasteiger partial charge on any atom is -0.350 e. The number of hydrogen-bond acceptors (Lipinski definition) is 3. The molecule has 2 amide bonds. The highest BCUT2D eigenvalue weighted by atomic mass is 16.2. The van der Waals surface area contributed by atoms with E-state index in [2.05, 4.69) is 10.4 Å². The quantitative estimate of drug-likeness (QED) is 0.876. The second-order valence-corrected chi connectivity index (χ2v) is 5.75. The maximum Gasteiger partial charge on any atom is 0.274 e. The van der Waals surface area contributed by atoms with E-state index in [0.717, 1.165) is 5.69 Å². The van der Waals surface area contributed by atoms with Crippen LogP contribution in [0.15, 0.2) is 6.07 Å². The Balaban J connectivity index is 2.65. The van der Waals surface area contributed by atoms with Crippen LogP contribution in [0, 0.1) is 6.92 Å². The van der Waals surface area contributed by atoms with Crippen LogP contribution in [-0.2, 0) is 11.8 Å². The third-order valence-electron chi connectivity index (χ3n) is 2.57. The third-order valence-corrected chi connectivity index (χ3v) is 2.57. The van der Waals surface area contributed by atoms with Gasteiger partial charge in [-0.3, -0.25) is 14.3 Å². The average molecular weight is 266 g/mol. The standard InChI is InChI=1S/C13H22N4O2/c1-9-7-10(15-17(9)6)12(19)16(5)8-11(18)14-13(2,3)4/h7H,8H2,1-6H3,(H,14,18). The van der Waals surface area contributed by atoms with E-state index >= 15 is 0 Å². The number of aryl methyl sites for hydroxylation is 2. The van der Waals surface area contributed by atoms with E-state index < -0.39 is 0 Å². The fourth-order valence-electron chi connectivity index (χ4n) is 1.61. The maximum absolute atomic E-state index is 12.1. The van der Waals surface area contributed by atoms with Crippen molar-refractivity contribution in [2.45, 2.75) is 33.2 Å². The molecule has 6 heteroatoms. The first-order valence-electron chi connectivity index (χ1n) is 6.17. The predicted molar refractivity (Wildman–Crippen MR) is 72.8 cm³/mol. The van der Waals surface area contributed by atoms with Crippen LogP contribution < -0.4 is 5.32 Å². The first kappa shape index (κ1) is 15.2. The number of nitrogens with zero attached hydrogens (tertiary/aromatic N) is 3. The third kappa shape index (κ3) is 4.39. The molecule has 1 aromatic rings. The number of likely N-dealkylation sites (N-methyl/N-ethyl adjacent to an activating group) is 1. The Morgan fingerprint density at radius 2 is 2.00 bits per heavy atom. The number of nitrogens with one attached hydrogen (secondary N) is 1. The molecule has 1 N–H and O–H groups in total. The Bertz CT molecular complexity index is 466. The maximum atomic E-state index is 12.1. The van der Waals surface area contributed by atoms with E-state index in [1.165, 1.54) is 4.90 Å². The number of carbonyl (C=O) groups excluding carboxylic acids is 2. The molecule has 0 radical (unpaired) electrons. The molecule has 19 heavy (non-hydrogen) atoms. The zero-order chi connectivity index (χ0) is 14.8. The van der Waals surface area contributed by atoms with Crippen molar-refractivity contribution in [2.24, 2.45) is 7.05 Å². The van der Waals surface area contributed by atoms with Gasteiger partial charge in [-0.25, -0.2) is 0 Å². The fraction of sp³-hybridized carbons (Fsp3) is 0.615. The van der Waals surface area contributed by atoms with Crippen LogP contribution in [0.3, 0.4) is 0 Å². The van der Waals surface area contributed by atoms with Crippen LogP contribution >= 0.6 is 0 Å². The molecule has 0 aliphatic rings. The summed E-state index contributed by atoms with van der Waals surface area (Å²) in [5.74, 6) is -0.441. The Kier molecular flexibility index (Phi) is 4.34. The molecule has 1 heterocycles. The molecule has 6 nitrogen and oxygen atoms in total. The molecule has 0 saturated heterocycles. The van der Waals surface area contributed by atoms with Gasteiger partial charge >= 0.3 is 0 Å². The SMILES string of the molecule is Cc1cc(C(=O)N(C)CC(=O)NC(C)(C)C)nn1C. The van der Waals surface area contributed by atoms with Gasteiger partial charge in [-0.05, 0) is 33.8 Å². The van der Waals surface area contributed by atoms with E-state index in [0.29, 0.717) is 5.69 Å². The van der Waals surface area contributed by atoms with Crippen molar-refractivity contribution in [3.05, 3.63) is 17.5 Å². The molecule has 0 unspecified atom stereocenters. The minimum atomic E-state index is -0.303. The summed E-state index contributed by atoms with van der Waals surface area (Å²) in [6.07, 6.45) is 0. The Labute approximate surface area is 113 Å². The van der Waals surface area contributed by atoms with Crippen molar-refractivity contribution in [1.29, 1.82) is 0 Å². The molecule has 0 aliphatic carbocycles. The number of amides is 2. The zero-order valence-electron chi connectivity index (χ0n) is 12.4. The second-order valence-electron chi connectivity index (χ2n) is 5.75. The molecule has 106 valence electrons. The van der Waals surface area contributed by atoms with Gasteiger partial charge in [0, 0.05) is 25.3 Å². The van der Waals surface area contributed by atoms with Gasteiger partial charge in [0.05, 0.1) is 6.54 Å². The smallest absolute Gasteiger partial charge is 0.274 e. The fourth-order valence-corrected chi connectivity index (χ4v) is 1.61. The molecule has 1 aromatic heterocycles. The van der Waals surface area contributed by atoms with Crippen LogP contribution in [0.1, 0.15) is 37.0 Å². The highest BCUT2D eigenvalue weighted by Gasteiger charge is 2.20. The number of rotatable bonds is 3. The predicted octanol–water partition coefficient (Wildman–Crippen LogP) is 0.715. The topological polar surface area (TPSA) is 67.2 Å². The average Bonchev–Trinajstić information content (AvgIpc) is 2.55. The summed E-state index contributed by atoms with van der Waals surface area (Å²) in [5, 5.41) is 6.92. The first-order valence-corrected chi connectivity index (χ1v) is 6.17. The van der Waals surface area contributed by atoms with E-state index in [-0.39, 0.29) is 23.9 Å². The Morgan fingerprint density at radius 3 is 2.42 bits per heavy atom. The van der Waals surface area contributed by atoms with Crippen LogP contribution in [0.5, 0.6) is 0 Å². The first-order chi connectivity index (χ1) is 8.60. The lowest BCUT2D eigenvalue weighted by atomic mass is 10.1. The lowest BCUT2D eigenvalue weighted by Crippen LogP contribution is -2.46. The molecular formula is C13H22N4O2. The van der Waals surface area contributed by atoms with Crippen LogP contribution in [0.2, 0.25) is 0 Å². The molecular weight excluding hydrogens is 244 g/mol. The van der Waals surface area contributed by atoms with Gasteiger partial charge in [-0.15, -0.1) is 0 Å². The van der Waals surface area contributed by atoms with Gasteiger partial charge in [0.2, 0.25) is 5.91 Å². The number of aromatic nitrogens is 2. The van der Waals surface area contributed by atoms with Crippen molar-refractivity contribution in [1.82, 2.24) is 20.0 Å². The lowest BCUT2D eigenvalue weighted by Gasteiger charge is -2.23. The monoisotopic (exact) mass is 266 g/mol. The Hall–Kier alpha value is -1.85. The summed E-state index contributed by atoms with van der Waals surface area (Å²) in [6.45, 7) is 7.58. The van der Waals surface area contributed by atoms with Crippen molar-refractivity contribution in [3.8, 4) is 0 Å². The van der Waals surface area contributed by atoms with Gasteiger partial charge in [-0.1, -0.05) is 0 Å². The summed E-state index contributed by atoms with van der Waals surface area (Å²) >= 11 is 0. The van der Waals surface area contributed by atoms with Crippen LogP contribution in [0.25, 0.3) is 0 Å². The normalized spacial score (nSPS) is 11.3. The van der Waals surface area contributed by atoms with Crippen LogP contribution in [-0.4, -0.2) is 45.6 Å². The number of carbonyl (C=O) groups is 2. The van der Waals surface area contributed by atoms with E-state index in [9.17, 15) is 9.59 Å². The number of hydrogen-bond donors (Lipinski definition) is 1. The molecule has 0 fully saturated rings. The summed E-state index contributed by atoms with van der Waals surface area (Å²) in [4.78, 5) is 25.2. The molecule has 0 bridgehead atoms.